The van der Waals surface area contributed by atoms with Gasteiger partial charge >= 0.3 is 0 Å². The quantitative estimate of drug-likeness (QED) is 0.775. The number of likely N-dealkylation sites (N-methyl/N-ethyl adjacent to an activating group) is 1. The highest BCUT2D eigenvalue weighted by Gasteiger charge is 2.20. The van der Waals surface area contributed by atoms with Crippen molar-refractivity contribution in [2.75, 3.05) is 32.5 Å². The van der Waals surface area contributed by atoms with Crippen LogP contribution in [0.2, 0.25) is 0 Å². The molecule has 1 aliphatic heterocycles. The molecule has 1 atom stereocenters. The maximum atomic E-state index is 9.41. The zero-order chi connectivity index (χ0) is 10.8. The van der Waals surface area contributed by atoms with Crippen LogP contribution in [0.3, 0.4) is 0 Å². The lowest BCUT2D eigenvalue weighted by molar-refractivity contribution is 0.363. The summed E-state index contributed by atoms with van der Waals surface area (Å²) in [7, 11) is 4.20. The van der Waals surface area contributed by atoms with Gasteiger partial charge in [0.05, 0.1) is 0 Å². The Kier molecular flexibility index (Phi) is 2.82. The fourth-order valence-corrected chi connectivity index (χ4v) is 2.22. The van der Waals surface area contributed by atoms with Gasteiger partial charge in [-0.25, -0.2) is 0 Å². The maximum Gasteiger partial charge on any atom is 0.117 e. The van der Waals surface area contributed by atoms with Gasteiger partial charge in [0.1, 0.15) is 5.75 Å². The largest absolute Gasteiger partial charge is 0.508 e. The number of hydrogen-bond donors (Lipinski definition) is 2. The van der Waals surface area contributed by atoms with Gasteiger partial charge < -0.3 is 15.3 Å². The van der Waals surface area contributed by atoms with Gasteiger partial charge in [-0.15, -0.1) is 0 Å². The van der Waals surface area contributed by atoms with Crippen LogP contribution in [0.15, 0.2) is 18.2 Å². The molecule has 3 heteroatoms. The number of phenols is 1. The first-order chi connectivity index (χ1) is 7.16. The molecule has 2 rings (SSSR count). The zero-order valence-corrected chi connectivity index (χ0v) is 9.33. The Morgan fingerprint density at radius 1 is 1.47 bits per heavy atom. The second-order valence-electron chi connectivity index (χ2n) is 4.45. The van der Waals surface area contributed by atoms with Crippen LogP contribution in [0.5, 0.6) is 5.75 Å². The first kappa shape index (κ1) is 10.3. The summed E-state index contributed by atoms with van der Waals surface area (Å²) in [6.45, 7) is 2.06. The van der Waals surface area contributed by atoms with Crippen LogP contribution < -0.4 is 5.32 Å². The van der Waals surface area contributed by atoms with Gasteiger partial charge in [0.2, 0.25) is 0 Å². The summed E-state index contributed by atoms with van der Waals surface area (Å²) < 4.78 is 0. The highest BCUT2D eigenvalue weighted by atomic mass is 16.3. The molecule has 0 amide bonds. The Bertz CT molecular complexity index is 349. The monoisotopic (exact) mass is 206 g/mol. The summed E-state index contributed by atoms with van der Waals surface area (Å²) >= 11 is 0. The third kappa shape index (κ3) is 2.23. The van der Waals surface area contributed by atoms with Crippen LogP contribution in [0.1, 0.15) is 17.9 Å². The molecule has 15 heavy (non-hydrogen) atoms. The number of anilines is 1. The number of fused-ring (bicyclic) bond motifs is 1. The second kappa shape index (κ2) is 4.11. The Labute approximate surface area is 90.7 Å². The van der Waals surface area contributed by atoms with Crippen LogP contribution in [0.25, 0.3) is 0 Å². The molecule has 0 saturated heterocycles. The van der Waals surface area contributed by atoms with E-state index < -0.39 is 0 Å². The van der Waals surface area contributed by atoms with Crippen molar-refractivity contribution in [2.45, 2.75) is 12.3 Å². The molecule has 0 fully saturated rings. The van der Waals surface area contributed by atoms with E-state index >= 15 is 0 Å². The molecule has 82 valence electrons. The van der Waals surface area contributed by atoms with Crippen LogP contribution >= 0.6 is 0 Å². The van der Waals surface area contributed by atoms with E-state index in [-0.39, 0.29) is 0 Å². The zero-order valence-electron chi connectivity index (χ0n) is 9.33. The number of benzene rings is 1. The number of phenolic OH excluding ortho intramolecular Hbond substituents is 1. The first-order valence-electron chi connectivity index (χ1n) is 5.38. The van der Waals surface area contributed by atoms with Crippen LogP contribution in [-0.4, -0.2) is 37.2 Å². The Morgan fingerprint density at radius 2 is 2.27 bits per heavy atom. The topological polar surface area (TPSA) is 35.5 Å². The van der Waals surface area contributed by atoms with Gasteiger partial charge in [0.15, 0.2) is 0 Å². The van der Waals surface area contributed by atoms with Crippen molar-refractivity contribution in [3.63, 3.8) is 0 Å². The number of hydrogen-bond acceptors (Lipinski definition) is 3. The standard InChI is InChI=1S/C12H18N2O/c1-14(2)8-9-5-6-13-12-7-10(15)3-4-11(9)12/h3-4,7,9,13,15H,5-6,8H2,1-2H3. The summed E-state index contributed by atoms with van der Waals surface area (Å²) in [4.78, 5) is 2.21. The molecule has 1 unspecified atom stereocenters. The number of nitrogens with one attached hydrogen (secondary N) is 1. The third-order valence-electron chi connectivity index (χ3n) is 2.87. The predicted octanol–water partition coefficient (Wildman–Crippen LogP) is 1.85. The summed E-state index contributed by atoms with van der Waals surface area (Å²) in [5.74, 6) is 0.920. The van der Waals surface area contributed by atoms with E-state index in [1.54, 1.807) is 6.07 Å². The summed E-state index contributed by atoms with van der Waals surface area (Å²) in [6, 6.07) is 5.62. The van der Waals surface area contributed by atoms with E-state index in [4.69, 9.17) is 0 Å². The van der Waals surface area contributed by atoms with Crippen molar-refractivity contribution in [1.82, 2.24) is 4.90 Å². The average Bonchev–Trinajstić information content (AvgIpc) is 2.16. The highest BCUT2D eigenvalue weighted by molar-refractivity contribution is 5.58. The molecular weight excluding hydrogens is 188 g/mol. The SMILES string of the molecule is CN(C)CC1CCNc2cc(O)ccc21. The van der Waals surface area contributed by atoms with Gasteiger partial charge in [-0.3, -0.25) is 0 Å². The molecule has 2 N–H and O–H groups in total. The molecule has 0 bridgehead atoms. The van der Waals surface area contributed by atoms with Crippen LogP contribution in [0, 0.1) is 0 Å². The van der Waals surface area contributed by atoms with Crippen molar-refractivity contribution >= 4 is 5.69 Å². The highest BCUT2D eigenvalue weighted by Crippen LogP contribution is 2.33. The van der Waals surface area contributed by atoms with Crippen molar-refractivity contribution in [2.24, 2.45) is 0 Å². The molecule has 1 aromatic rings. The fraction of sp³-hybridized carbons (Fsp3) is 0.500. The number of aromatic hydroxyl groups is 1. The van der Waals surface area contributed by atoms with E-state index in [9.17, 15) is 5.11 Å². The third-order valence-corrected chi connectivity index (χ3v) is 2.87. The lowest BCUT2D eigenvalue weighted by Crippen LogP contribution is -2.26. The molecule has 1 heterocycles. The maximum absolute atomic E-state index is 9.41. The minimum absolute atomic E-state index is 0.340. The minimum Gasteiger partial charge on any atom is -0.508 e. The van der Waals surface area contributed by atoms with Crippen LogP contribution in [0.4, 0.5) is 5.69 Å². The second-order valence-corrected chi connectivity index (χ2v) is 4.45. The Hall–Kier alpha value is -1.22. The van der Waals surface area contributed by atoms with Crippen molar-refractivity contribution in [1.29, 1.82) is 0 Å². The first-order valence-corrected chi connectivity index (χ1v) is 5.38. The van der Waals surface area contributed by atoms with Gasteiger partial charge in [-0.05, 0) is 32.1 Å². The molecule has 1 aromatic carbocycles. The number of rotatable bonds is 2. The van der Waals surface area contributed by atoms with Crippen LogP contribution in [-0.2, 0) is 0 Å². The molecule has 0 aromatic heterocycles. The Balaban J connectivity index is 2.26. The van der Waals surface area contributed by atoms with Gasteiger partial charge in [-0.1, -0.05) is 6.07 Å². The van der Waals surface area contributed by atoms with E-state index in [1.807, 2.05) is 12.1 Å². The van der Waals surface area contributed by atoms with E-state index in [0.717, 1.165) is 25.2 Å². The fourth-order valence-electron chi connectivity index (χ4n) is 2.22. The smallest absolute Gasteiger partial charge is 0.117 e. The number of nitrogens with zero attached hydrogens (tertiary/aromatic N) is 1. The molecule has 0 saturated carbocycles. The molecular formula is C12H18N2O. The van der Waals surface area contributed by atoms with E-state index in [1.165, 1.54) is 5.56 Å². The Morgan fingerprint density at radius 3 is 3.00 bits per heavy atom. The van der Waals surface area contributed by atoms with E-state index in [2.05, 4.69) is 24.3 Å². The average molecular weight is 206 g/mol. The summed E-state index contributed by atoms with van der Waals surface area (Å²) in [5, 5.41) is 12.7. The van der Waals surface area contributed by atoms with E-state index in [0.29, 0.717) is 11.7 Å². The minimum atomic E-state index is 0.340. The summed E-state index contributed by atoms with van der Waals surface area (Å²) in [6.07, 6.45) is 1.16. The van der Waals surface area contributed by atoms with Crippen molar-refractivity contribution in [3.05, 3.63) is 23.8 Å². The lowest BCUT2D eigenvalue weighted by Gasteiger charge is -2.28. The predicted molar refractivity (Wildman–Crippen MR) is 62.5 cm³/mol. The van der Waals surface area contributed by atoms with Crippen molar-refractivity contribution < 1.29 is 5.11 Å². The molecule has 0 spiro atoms. The van der Waals surface area contributed by atoms with Crippen molar-refractivity contribution in [3.8, 4) is 5.75 Å². The lowest BCUT2D eigenvalue weighted by atomic mass is 9.90. The molecule has 3 nitrogen and oxygen atoms in total. The summed E-state index contributed by atoms with van der Waals surface area (Å²) in [5.41, 5.74) is 2.42. The molecule has 1 aliphatic rings. The van der Waals surface area contributed by atoms with Gasteiger partial charge in [0.25, 0.3) is 0 Å². The normalized spacial score (nSPS) is 19.8. The van der Waals surface area contributed by atoms with Gasteiger partial charge in [0, 0.05) is 30.8 Å². The van der Waals surface area contributed by atoms with Gasteiger partial charge in [-0.2, -0.15) is 0 Å². The molecule has 0 aliphatic carbocycles. The molecule has 0 radical (unpaired) electrons.